The number of hydrogen-bond acceptors (Lipinski definition) is 2. The van der Waals surface area contributed by atoms with Gasteiger partial charge in [-0.1, -0.05) is 0 Å². The zero-order valence-corrected chi connectivity index (χ0v) is 6.60. The van der Waals surface area contributed by atoms with E-state index < -0.39 is 0 Å². The quantitative estimate of drug-likeness (QED) is 0.765. The highest BCUT2D eigenvalue weighted by Crippen LogP contribution is 2.11. The van der Waals surface area contributed by atoms with Crippen LogP contribution >= 0.6 is 15.9 Å². The van der Waals surface area contributed by atoms with Crippen LogP contribution in [0.2, 0.25) is 0 Å². The fourth-order valence-electron chi connectivity index (χ4n) is 0.555. The number of aromatic nitrogens is 2. The predicted molar refractivity (Wildman–Crippen MR) is 37.0 cm³/mol. The molecule has 0 aliphatic carbocycles. The second kappa shape index (κ2) is 2.98. The van der Waals surface area contributed by atoms with E-state index in [0.29, 0.717) is 6.61 Å². The van der Waals surface area contributed by atoms with Gasteiger partial charge in [-0.3, -0.25) is 5.10 Å². The van der Waals surface area contributed by atoms with Crippen LogP contribution in [0, 0.1) is 0 Å². The first kappa shape index (κ1) is 6.77. The zero-order valence-electron chi connectivity index (χ0n) is 5.02. The molecule has 0 fully saturated rings. The maximum absolute atomic E-state index is 4.88. The molecule has 0 aliphatic rings. The number of aromatic amines is 1. The number of hydrogen-bond donors (Lipinski definition) is 1. The van der Waals surface area contributed by atoms with Gasteiger partial charge in [-0.25, -0.2) is 0 Å². The highest BCUT2D eigenvalue weighted by molar-refractivity contribution is 9.10. The van der Waals surface area contributed by atoms with Crippen molar-refractivity contribution in [3.8, 4) is 0 Å². The van der Waals surface area contributed by atoms with Gasteiger partial charge in [0.25, 0.3) is 0 Å². The Morgan fingerprint density at radius 2 is 2.67 bits per heavy atom. The van der Waals surface area contributed by atoms with Crippen molar-refractivity contribution in [2.24, 2.45) is 0 Å². The van der Waals surface area contributed by atoms with Crippen LogP contribution in [0.5, 0.6) is 0 Å². The Bertz CT molecular complexity index is 187. The Morgan fingerprint density at radius 3 is 3.11 bits per heavy atom. The van der Waals surface area contributed by atoms with Gasteiger partial charge >= 0.3 is 0 Å². The van der Waals surface area contributed by atoms with Gasteiger partial charge in [-0.2, -0.15) is 5.10 Å². The van der Waals surface area contributed by atoms with Crippen LogP contribution < -0.4 is 0 Å². The lowest BCUT2D eigenvalue weighted by atomic mass is 10.4. The molecular formula is C5H7BrN2O. The molecule has 1 aromatic heterocycles. The Morgan fingerprint density at radius 1 is 1.89 bits per heavy atom. The van der Waals surface area contributed by atoms with Gasteiger partial charge in [0.05, 0.1) is 6.61 Å². The largest absolute Gasteiger partial charge is 0.380 e. The van der Waals surface area contributed by atoms with Gasteiger partial charge < -0.3 is 4.74 Å². The summed E-state index contributed by atoms with van der Waals surface area (Å²) in [4.78, 5) is 0. The van der Waals surface area contributed by atoms with Crippen LogP contribution in [-0.2, 0) is 11.3 Å². The van der Waals surface area contributed by atoms with E-state index in [1.165, 1.54) is 0 Å². The first-order valence-electron chi connectivity index (χ1n) is 2.51. The minimum atomic E-state index is 0.594. The molecule has 1 N–H and O–H groups in total. The highest BCUT2D eigenvalue weighted by Gasteiger charge is 1.98. The van der Waals surface area contributed by atoms with E-state index in [-0.39, 0.29) is 0 Å². The molecular weight excluding hydrogens is 184 g/mol. The van der Waals surface area contributed by atoms with Crippen LogP contribution in [-0.4, -0.2) is 17.3 Å². The lowest BCUT2D eigenvalue weighted by Gasteiger charge is -1.91. The first-order valence-corrected chi connectivity index (χ1v) is 3.31. The standard InChI is InChI=1S/C5H7BrN2O/c1-9-3-4-2-7-8-5(4)6/h2H,3H2,1H3,(H,7,8). The molecule has 1 rings (SSSR count). The Hall–Kier alpha value is -0.350. The third-order valence-corrected chi connectivity index (χ3v) is 1.65. The van der Waals surface area contributed by atoms with Crippen molar-refractivity contribution in [3.05, 3.63) is 16.4 Å². The molecule has 1 aromatic rings. The van der Waals surface area contributed by atoms with E-state index in [1.54, 1.807) is 13.3 Å². The summed E-state index contributed by atoms with van der Waals surface area (Å²) in [5.74, 6) is 0. The summed E-state index contributed by atoms with van der Waals surface area (Å²) < 4.78 is 5.70. The summed E-state index contributed by atoms with van der Waals surface area (Å²) in [7, 11) is 1.65. The van der Waals surface area contributed by atoms with Crippen LogP contribution in [0.1, 0.15) is 5.56 Å². The van der Waals surface area contributed by atoms with E-state index in [0.717, 1.165) is 10.2 Å². The first-order chi connectivity index (χ1) is 4.34. The third-order valence-electron chi connectivity index (χ3n) is 0.966. The summed E-state index contributed by atoms with van der Waals surface area (Å²) in [6, 6.07) is 0. The molecule has 3 nitrogen and oxygen atoms in total. The predicted octanol–water partition coefficient (Wildman–Crippen LogP) is 1.32. The van der Waals surface area contributed by atoms with Crippen molar-refractivity contribution in [1.29, 1.82) is 0 Å². The van der Waals surface area contributed by atoms with Crippen molar-refractivity contribution < 1.29 is 4.74 Å². The van der Waals surface area contributed by atoms with Gasteiger partial charge in [0, 0.05) is 18.9 Å². The van der Waals surface area contributed by atoms with Crippen LogP contribution in [0.25, 0.3) is 0 Å². The van der Waals surface area contributed by atoms with Gasteiger partial charge in [0.1, 0.15) is 4.60 Å². The summed E-state index contributed by atoms with van der Waals surface area (Å²) >= 11 is 3.24. The molecule has 9 heavy (non-hydrogen) atoms. The molecule has 0 unspecified atom stereocenters. The van der Waals surface area contributed by atoms with Crippen LogP contribution in [0.15, 0.2) is 10.8 Å². The van der Waals surface area contributed by atoms with Crippen molar-refractivity contribution in [1.82, 2.24) is 10.2 Å². The van der Waals surface area contributed by atoms with Gasteiger partial charge in [-0.15, -0.1) is 0 Å². The van der Waals surface area contributed by atoms with Crippen molar-refractivity contribution >= 4 is 15.9 Å². The normalized spacial score (nSPS) is 10.0. The average molecular weight is 191 g/mol. The number of nitrogens with zero attached hydrogens (tertiary/aromatic N) is 1. The summed E-state index contributed by atoms with van der Waals surface area (Å²) in [6.45, 7) is 0.594. The number of halogens is 1. The molecule has 4 heteroatoms. The maximum atomic E-state index is 4.88. The lowest BCUT2D eigenvalue weighted by Crippen LogP contribution is -1.84. The molecule has 0 amide bonds. The minimum absolute atomic E-state index is 0.594. The summed E-state index contributed by atoms with van der Waals surface area (Å²) in [6.07, 6.45) is 1.80. The summed E-state index contributed by atoms with van der Waals surface area (Å²) in [5, 5.41) is 6.55. The maximum Gasteiger partial charge on any atom is 0.133 e. The fraction of sp³-hybridized carbons (Fsp3) is 0.400. The van der Waals surface area contributed by atoms with E-state index in [4.69, 9.17) is 4.74 Å². The van der Waals surface area contributed by atoms with E-state index in [9.17, 15) is 0 Å². The van der Waals surface area contributed by atoms with E-state index >= 15 is 0 Å². The number of ether oxygens (including phenoxy) is 1. The SMILES string of the molecule is COCc1c[nH]nc1Br. The monoisotopic (exact) mass is 190 g/mol. The summed E-state index contributed by atoms with van der Waals surface area (Å²) in [5.41, 5.74) is 1.04. The van der Waals surface area contributed by atoms with E-state index in [1.807, 2.05) is 0 Å². The topological polar surface area (TPSA) is 37.9 Å². The Kier molecular flexibility index (Phi) is 2.24. The van der Waals surface area contributed by atoms with Gasteiger partial charge in [-0.05, 0) is 15.9 Å². The van der Waals surface area contributed by atoms with Crippen LogP contribution in [0.4, 0.5) is 0 Å². The zero-order chi connectivity index (χ0) is 6.69. The van der Waals surface area contributed by atoms with Crippen molar-refractivity contribution in [2.75, 3.05) is 7.11 Å². The lowest BCUT2D eigenvalue weighted by molar-refractivity contribution is 0.184. The van der Waals surface area contributed by atoms with Crippen LogP contribution in [0.3, 0.4) is 0 Å². The second-order valence-electron chi connectivity index (χ2n) is 1.63. The smallest absolute Gasteiger partial charge is 0.133 e. The Labute approximate surface area is 61.5 Å². The van der Waals surface area contributed by atoms with Gasteiger partial charge in [0.2, 0.25) is 0 Å². The van der Waals surface area contributed by atoms with Crippen molar-refractivity contribution in [2.45, 2.75) is 6.61 Å². The molecule has 0 saturated carbocycles. The molecule has 0 radical (unpaired) electrons. The molecule has 0 bridgehead atoms. The fourth-order valence-corrected chi connectivity index (χ4v) is 0.886. The molecule has 0 spiro atoms. The second-order valence-corrected chi connectivity index (χ2v) is 2.39. The molecule has 0 aliphatic heterocycles. The minimum Gasteiger partial charge on any atom is -0.380 e. The third kappa shape index (κ3) is 1.53. The Balaban J connectivity index is 2.69. The molecule has 50 valence electrons. The van der Waals surface area contributed by atoms with Crippen molar-refractivity contribution in [3.63, 3.8) is 0 Å². The highest BCUT2D eigenvalue weighted by atomic mass is 79.9. The number of nitrogens with one attached hydrogen (secondary N) is 1. The van der Waals surface area contributed by atoms with E-state index in [2.05, 4.69) is 26.1 Å². The molecule has 0 saturated heterocycles. The number of rotatable bonds is 2. The molecule has 0 aromatic carbocycles. The average Bonchev–Trinajstić information content (AvgIpc) is 2.18. The molecule has 0 atom stereocenters. The molecule has 1 heterocycles. The number of methoxy groups -OCH3 is 1. The number of H-pyrrole nitrogens is 1. The van der Waals surface area contributed by atoms with Gasteiger partial charge in [0.15, 0.2) is 0 Å².